The van der Waals surface area contributed by atoms with E-state index in [1.807, 2.05) is 4.90 Å². The molecule has 1 N–H and O–H groups in total. The van der Waals surface area contributed by atoms with Crippen molar-refractivity contribution in [2.24, 2.45) is 18.9 Å². The maximum absolute atomic E-state index is 14.2. The van der Waals surface area contributed by atoms with E-state index in [1.165, 1.54) is 22.5 Å². The Morgan fingerprint density at radius 1 is 1.20 bits per heavy atom. The number of piperidine rings is 1. The normalized spacial score (nSPS) is 21.7. The minimum Gasteiger partial charge on any atom is -0.340 e. The molecule has 1 saturated carbocycles. The predicted molar refractivity (Wildman–Crippen MR) is 150 cm³/mol. The first-order chi connectivity index (χ1) is 19.6. The smallest absolute Gasteiger partial charge is 0.333 e. The summed E-state index contributed by atoms with van der Waals surface area (Å²) in [6, 6.07) is 4.34. The molecule has 0 spiro atoms. The third-order valence-electron chi connectivity index (χ3n) is 8.15. The van der Waals surface area contributed by atoms with Crippen molar-refractivity contribution >= 4 is 28.8 Å². The van der Waals surface area contributed by atoms with Crippen molar-refractivity contribution < 1.29 is 9.18 Å². The van der Waals surface area contributed by atoms with Gasteiger partial charge in [0.15, 0.2) is 11.2 Å². The number of alkyl halides is 1. The van der Waals surface area contributed by atoms with Gasteiger partial charge >= 0.3 is 5.69 Å². The summed E-state index contributed by atoms with van der Waals surface area (Å²) in [5.41, 5.74) is -0.663. The van der Waals surface area contributed by atoms with Crippen LogP contribution in [0.1, 0.15) is 26.8 Å². The molecule has 210 valence electrons. The molecular formula is C28H28FN9O3. The summed E-state index contributed by atoms with van der Waals surface area (Å²) in [6.07, 6.45) is 4.69. The second kappa shape index (κ2) is 9.65. The average Bonchev–Trinajstić information content (AvgIpc) is 3.40. The van der Waals surface area contributed by atoms with Gasteiger partial charge < -0.3 is 14.8 Å². The first kappa shape index (κ1) is 26.4. The van der Waals surface area contributed by atoms with Crippen LogP contribution in [0.3, 0.4) is 0 Å². The van der Waals surface area contributed by atoms with E-state index in [0.717, 1.165) is 4.57 Å². The fourth-order valence-electron chi connectivity index (χ4n) is 5.50. The summed E-state index contributed by atoms with van der Waals surface area (Å²) in [7, 11) is 1.51. The first-order valence-electron chi connectivity index (χ1n) is 13.2. The SMILES string of the molecule is CC#CCn1c(=O)c2c(ncn2[C@@H](C)C(=O)Nc2cccc(-c3cnc(N4CC5C(C4)C5(C)F)nc3)n2)n(C)c1=O. The lowest BCUT2D eigenvalue weighted by atomic mass is 10.2. The average molecular weight is 558 g/mol. The quantitative estimate of drug-likeness (QED) is 0.355. The molecule has 1 aliphatic heterocycles. The maximum atomic E-state index is 14.2. The van der Waals surface area contributed by atoms with Crippen LogP contribution in [0.15, 0.2) is 46.5 Å². The van der Waals surface area contributed by atoms with Crippen LogP contribution in [0.4, 0.5) is 16.2 Å². The van der Waals surface area contributed by atoms with Gasteiger partial charge in [-0.25, -0.2) is 33.7 Å². The largest absolute Gasteiger partial charge is 0.340 e. The molecule has 4 aromatic heterocycles. The van der Waals surface area contributed by atoms with Crippen LogP contribution >= 0.6 is 0 Å². The highest BCUT2D eigenvalue weighted by atomic mass is 19.1. The monoisotopic (exact) mass is 557 g/mol. The zero-order valence-electron chi connectivity index (χ0n) is 23.0. The summed E-state index contributed by atoms with van der Waals surface area (Å²) >= 11 is 0. The highest BCUT2D eigenvalue weighted by Gasteiger charge is 2.67. The molecule has 13 heteroatoms. The third-order valence-corrected chi connectivity index (χ3v) is 8.15. The Hall–Kier alpha value is -4.86. The van der Waals surface area contributed by atoms with E-state index >= 15 is 0 Å². The van der Waals surface area contributed by atoms with Crippen LogP contribution in [0.25, 0.3) is 22.4 Å². The fourth-order valence-corrected chi connectivity index (χ4v) is 5.50. The summed E-state index contributed by atoms with van der Waals surface area (Å²) in [4.78, 5) is 58.7. The molecule has 41 heavy (non-hydrogen) atoms. The highest BCUT2D eigenvalue weighted by molar-refractivity contribution is 5.93. The maximum Gasteiger partial charge on any atom is 0.333 e. The van der Waals surface area contributed by atoms with E-state index in [-0.39, 0.29) is 29.5 Å². The second-order valence-corrected chi connectivity index (χ2v) is 10.6. The summed E-state index contributed by atoms with van der Waals surface area (Å²) in [5, 5.41) is 2.79. The molecule has 1 aliphatic carbocycles. The number of hydrogen-bond donors (Lipinski definition) is 1. The zero-order chi connectivity index (χ0) is 29.1. The van der Waals surface area contributed by atoms with Crippen LogP contribution in [-0.4, -0.2) is 58.3 Å². The van der Waals surface area contributed by atoms with Crippen molar-refractivity contribution in [3.05, 3.63) is 57.8 Å². The second-order valence-electron chi connectivity index (χ2n) is 10.6. The van der Waals surface area contributed by atoms with Crippen LogP contribution in [0.5, 0.6) is 0 Å². The molecule has 1 amide bonds. The van der Waals surface area contributed by atoms with E-state index in [4.69, 9.17) is 0 Å². The van der Waals surface area contributed by atoms with E-state index in [1.54, 1.807) is 51.4 Å². The molecule has 12 nitrogen and oxygen atoms in total. The van der Waals surface area contributed by atoms with Gasteiger partial charge in [-0.05, 0) is 32.9 Å². The standard InChI is InChI=1S/C28H28FN9O3/c1-5-6-10-37-25(40)22-23(35(4)27(37)41)32-15-38(22)16(2)24(39)34-21-9-7-8-20(33-21)17-11-30-26(31-12-17)36-13-18-19(14-36)28(18,3)29/h7-9,11-12,15-16,18-19H,10,13-14H2,1-4H3,(H,33,34,39)/t16-,18?,19?,28?/m0/s1. The molecule has 6 rings (SSSR count). The Labute approximate surface area is 233 Å². The van der Waals surface area contributed by atoms with Crippen molar-refractivity contribution in [2.75, 3.05) is 23.3 Å². The summed E-state index contributed by atoms with van der Waals surface area (Å²) in [6.45, 7) is 6.05. The number of carbonyl (C=O) groups is 1. The Morgan fingerprint density at radius 2 is 1.90 bits per heavy atom. The lowest BCUT2D eigenvalue weighted by Crippen LogP contribution is -2.40. The van der Waals surface area contributed by atoms with Crippen molar-refractivity contribution in [2.45, 2.75) is 39.0 Å². The van der Waals surface area contributed by atoms with Crippen LogP contribution in [0, 0.1) is 23.7 Å². The molecule has 0 radical (unpaired) electrons. The van der Waals surface area contributed by atoms with Gasteiger partial charge in [0.25, 0.3) is 5.56 Å². The number of carbonyl (C=O) groups excluding carboxylic acids is 1. The number of aryl methyl sites for hydroxylation is 1. The van der Waals surface area contributed by atoms with E-state index < -0.39 is 28.9 Å². The molecule has 2 aliphatic rings. The number of nitrogens with one attached hydrogen (secondary N) is 1. The molecule has 0 bridgehead atoms. The molecule has 2 fully saturated rings. The molecule has 3 atom stereocenters. The number of halogens is 1. The molecule has 2 unspecified atom stereocenters. The van der Waals surface area contributed by atoms with Gasteiger partial charge in [-0.15, -0.1) is 5.92 Å². The number of imidazole rings is 1. The van der Waals surface area contributed by atoms with Crippen molar-refractivity contribution in [3.8, 4) is 23.1 Å². The summed E-state index contributed by atoms with van der Waals surface area (Å²) < 4.78 is 17.9. The van der Waals surface area contributed by atoms with Crippen molar-refractivity contribution in [1.29, 1.82) is 0 Å². The van der Waals surface area contributed by atoms with Crippen molar-refractivity contribution in [3.63, 3.8) is 0 Å². The van der Waals surface area contributed by atoms with Crippen LogP contribution < -0.4 is 21.5 Å². The molecule has 4 aromatic rings. The third kappa shape index (κ3) is 4.35. The lowest BCUT2D eigenvalue weighted by molar-refractivity contribution is -0.118. The van der Waals surface area contributed by atoms with E-state index in [0.29, 0.717) is 36.1 Å². The molecule has 1 saturated heterocycles. The highest BCUT2D eigenvalue weighted by Crippen LogP contribution is 2.58. The van der Waals surface area contributed by atoms with Gasteiger partial charge in [-0.3, -0.25) is 14.2 Å². The molecular weight excluding hydrogens is 529 g/mol. The van der Waals surface area contributed by atoms with Crippen LogP contribution in [-0.2, 0) is 18.4 Å². The van der Waals surface area contributed by atoms with Gasteiger partial charge in [0.05, 0.1) is 18.6 Å². The number of fused-ring (bicyclic) bond motifs is 2. The minimum atomic E-state index is -1.07. The topological polar surface area (TPSA) is 133 Å². The van der Waals surface area contributed by atoms with Gasteiger partial charge in [0, 0.05) is 49.9 Å². The minimum absolute atomic E-state index is 0.0405. The Balaban J connectivity index is 1.20. The van der Waals surface area contributed by atoms with Crippen molar-refractivity contribution in [1.82, 2.24) is 33.6 Å². The first-order valence-corrected chi connectivity index (χ1v) is 13.2. The zero-order valence-corrected chi connectivity index (χ0v) is 23.0. The molecule has 0 aromatic carbocycles. The Morgan fingerprint density at radius 3 is 2.59 bits per heavy atom. The van der Waals surface area contributed by atoms with Crippen LogP contribution in [0.2, 0.25) is 0 Å². The fraction of sp³-hybridized carbons (Fsp3) is 0.393. The molecule has 5 heterocycles. The Bertz CT molecular complexity index is 1850. The number of anilines is 2. The van der Waals surface area contributed by atoms with E-state index in [2.05, 4.69) is 37.1 Å². The number of rotatable bonds is 6. The number of pyridine rings is 1. The van der Waals surface area contributed by atoms with Gasteiger partial charge in [-0.1, -0.05) is 12.0 Å². The summed E-state index contributed by atoms with van der Waals surface area (Å²) in [5.74, 6) is 5.92. The van der Waals surface area contributed by atoms with Gasteiger partial charge in [0.2, 0.25) is 11.9 Å². The number of nitrogens with zero attached hydrogens (tertiary/aromatic N) is 8. The van der Waals surface area contributed by atoms with Gasteiger partial charge in [0.1, 0.15) is 17.5 Å². The van der Waals surface area contributed by atoms with Gasteiger partial charge in [-0.2, -0.15) is 0 Å². The number of amides is 1. The number of aromatic nitrogens is 7. The predicted octanol–water partition coefficient (Wildman–Crippen LogP) is 1.77. The Kier molecular flexibility index (Phi) is 6.21. The lowest BCUT2D eigenvalue weighted by Gasteiger charge is -2.20. The number of hydrogen-bond acceptors (Lipinski definition) is 8. The van der Waals surface area contributed by atoms with E-state index in [9.17, 15) is 18.8 Å².